The summed E-state index contributed by atoms with van der Waals surface area (Å²) < 4.78 is 35.0. The second-order valence-electron chi connectivity index (χ2n) is 7.30. The van der Waals surface area contributed by atoms with Crippen LogP contribution >= 0.6 is 0 Å². The van der Waals surface area contributed by atoms with Crippen molar-refractivity contribution in [2.24, 2.45) is 0 Å². The van der Waals surface area contributed by atoms with E-state index in [9.17, 15) is 22.8 Å². The topological polar surface area (TPSA) is 164 Å². The molecular formula is C15H24N6O7S. The van der Waals surface area contributed by atoms with Crippen molar-refractivity contribution in [2.45, 2.75) is 38.3 Å². The minimum atomic E-state index is -4.84. The molecule has 3 saturated heterocycles. The molecule has 0 aliphatic carbocycles. The van der Waals surface area contributed by atoms with Crippen molar-refractivity contribution in [1.82, 2.24) is 25.1 Å². The molecule has 14 heteroatoms. The van der Waals surface area contributed by atoms with Crippen molar-refractivity contribution >= 4 is 34.1 Å². The third-order valence-corrected chi connectivity index (χ3v) is 5.54. The number of nitrogens with zero attached hydrogens (tertiary/aromatic N) is 4. The average molecular weight is 432 g/mol. The molecule has 13 nitrogen and oxygen atoms in total. The van der Waals surface area contributed by atoms with Gasteiger partial charge in [0, 0.05) is 26.6 Å². The van der Waals surface area contributed by atoms with E-state index in [0.29, 0.717) is 37.7 Å². The Balaban J connectivity index is 1.55. The fourth-order valence-electron chi connectivity index (χ4n) is 3.86. The Morgan fingerprint density at radius 3 is 2.69 bits per heavy atom. The maximum absolute atomic E-state index is 12.4. The van der Waals surface area contributed by atoms with Gasteiger partial charge in [-0.2, -0.15) is 13.5 Å². The summed E-state index contributed by atoms with van der Waals surface area (Å²) in [6.45, 7) is 3.24. The molecule has 0 aromatic carbocycles. The van der Waals surface area contributed by atoms with Crippen molar-refractivity contribution in [2.75, 3.05) is 32.8 Å². The number of hydrogen-bond donors (Lipinski definition) is 3. The molecule has 3 aliphatic rings. The highest BCUT2D eigenvalue weighted by molar-refractivity contribution is 7.80. The molecule has 3 N–H and O–H groups in total. The van der Waals surface area contributed by atoms with Crippen LogP contribution < -0.4 is 5.32 Å². The molecule has 3 fully saturated rings. The number of hydroxylamine groups is 2. The predicted molar refractivity (Wildman–Crippen MR) is 97.7 cm³/mol. The van der Waals surface area contributed by atoms with Crippen molar-refractivity contribution in [3.8, 4) is 0 Å². The lowest BCUT2D eigenvalue weighted by atomic mass is 10.00. The zero-order valence-corrected chi connectivity index (χ0v) is 16.7. The summed E-state index contributed by atoms with van der Waals surface area (Å²) in [4.78, 5) is 40.9. The van der Waals surface area contributed by atoms with Crippen LogP contribution in [0.15, 0.2) is 0 Å². The first kappa shape index (κ1) is 21.4. The third kappa shape index (κ3) is 5.01. The van der Waals surface area contributed by atoms with Crippen LogP contribution in [0.1, 0.15) is 26.2 Å². The van der Waals surface area contributed by atoms with E-state index in [1.807, 2.05) is 0 Å². The lowest BCUT2D eigenvalue weighted by Crippen LogP contribution is -2.54. The van der Waals surface area contributed by atoms with Crippen LogP contribution in [0.4, 0.5) is 4.79 Å². The molecule has 2 bridgehead atoms. The normalized spacial score (nSPS) is 25.3. The molecule has 4 amide bonds. The van der Waals surface area contributed by atoms with Gasteiger partial charge in [0.15, 0.2) is 0 Å². The number of urea groups is 1. The molecular weight excluding hydrogens is 408 g/mol. The van der Waals surface area contributed by atoms with Crippen LogP contribution in [0.3, 0.4) is 0 Å². The van der Waals surface area contributed by atoms with Gasteiger partial charge in [-0.1, -0.05) is 0 Å². The third-order valence-electron chi connectivity index (χ3n) is 5.19. The average Bonchev–Trinajstić information content (AvgIpc) is 2.85. The van der Waals surface area contributed by atoms with Crippen molar-refractivity contribution in [3.05, 3.63) is 0 Å². The molecule has 2 atom stereocenters. The second kappa shape index (κ2) is 8.22. The van der Waals surface area contributed by atoms with Crippen LogP contribution in [0.5, 0.6) is 0 Å². The van der Waals surface area contributed by atoms with E-state index in [2.05, 4.69) is 9.60 Å². The van der Waals surface area contributed by atoms with Crippen LogP contribution in [0.2, 0.25) is 0 Å². The first-order valence-electron chi connectivity index (χ1n) is 9.18. The van der Waals surface area contributed by atoms with Crippen LogP contribution in [0.25, 0.3) is 0 Å². The molecule has 3 aliphatic heterocycles. The number of amides is 4. The zero-order valence-electron chi connectivity index (χ0n) is 15.9. The van der Waals surface area contributed by atoms with Gasteiger partial charge in [0.2, 0.25) is 11.8 Å². The lowest BCUT2D eigenvalue weighted by Gasteiger charge is -2.35. The molecule has 0 radical (unpaired) electrons. The summed E-state index contributed by atoms with van der Waals surface area (Å²) in [5.41, 5.74) is 0. The fraction of sp³-hybridized carbons (Fsp3) is 0.733. The van der Waals surface area contributed by atoms with Gasteiger partial charge in [0.25, 0.3) is 0 Å². The van der Waals surface area contributed by atoms with E-state index in [4.69, 9.17) is 9.96 Å². The maximum Gasteiger partial charge on any atom is 0.418 e. The van der Waals surface area contributed by atoms with E-state index < -0.39 is 34.4 Å². The van der Waals surface area contributed by atoms with E-state index in [1.54, 1.807) is 9.80 Å². The Kier molecular flexibility index (Phi) is 6.07. The van der Waals surface area contributed by atoms with Crippen molar-refractivity contribution < 1.29 is 31.6 Å². The highest BCUT2D eigenvalue weighted by atomic mass is 32.3. The monoisotopic (exact) mass is 432 g/mol. The molecule has 0 spiro atoms. The molecule has 0 aromatic heterocycles. The number of carbonyl (C=O) groups excluding carboxylic acids is 3. The van der Waals surface area contributed by atoms with Gasteiger partial charge in [0.05, 0.1) is 25.3 Å². The molecule has 29 heavy (non-hydrogen) atoms. The van der Waals surface area contributed by atoms with E-state index >= 15 is 0 Å². The van der Waals surface area contributed by atoms with Crippen LogP contribution in [-0.4, -0.2) is 101 Å². The Labute approximate surface area is 167 Å². The Morgan fingerprint density at radius 2 is 2.03 bits per heavy atom. The number of hydrogen-bond acceptors (Lipinski definition) is 8. The van der Waals surface area contributed by atoms with Gasteiger partial charge in [-0.3, -0.25) is 24.5 Å². The number of amidine groups is 1. The highest BCUT2D eigenvalue weighted by Crippen LogP contribution is 2.30. The Morgan fingerprint density at radius 1 is 1.31 bits per heavy atom. The van der Waals surface area contributed by atoms with Gasteiger partial charge in [-0.25, -0.2) is 4.79 Å². The molecule has 0 saturated carbocycles. The smallest absolute Gasteiger partial charge is 0.330 e. The summed E-state index contributed by atoms with van der Waals surface area (Å²) in [6, 6.07) is -2.08. The summed E-state index contributed by atoms with van der Waals surface area (Å²) in [7, 11) is -4.84. The molecule has 0 unspecified atom stereocenters. The number of nitrogens with one attached hydrogen (secondary N) is 2. The number of carbonyl (C=O) groups is 3. The van der Waals surface area contributed by atoms with Gasteiger partial charge in [-0.05, 0) is 19.3 Å². The Hall–Kier alpha value is -2.29. The maximum atomic E-state index is 12.4. The minimum Gasteiger partial charge on any atom is -0.330 e. The van der Waals surface area contributed by atoms with Crippen LogP contribution in [-0.2, 0) is 24.3 Å². The number of rotatable bonds is 5. The molecule has 3 rings (SSSR count). The van der Waals surface area contributed by atoms with Gasteiger partial charge < -0.3 is 15.1 Å². The minimum absolute atomic E-state index is 0.00738. The standard InChI is InChI=1S/C15H24N6O7S/c1-10(22)19-6-2-5-18(9-19)8-13(23)17-14(16)12-4-3-11-7-20(12)15(24)21(11)28-29(25,26)27/h11-12H,2-9H2,1H3,(H2,16,17,23)(H,25,26,27)/t11-,12+/m1/s1. The number of fused-ring (bicyclic) bond motifs is 2. The van der Waals surface area contributed by atoms with Crippen LogP contribution in [0, 0.1) is 5.41 Å². The van der Waals surface area contributed by atoms with Crippen molar-refractivity contribution in [1.29, 1.82) is 5.41 Å². The molecule has 162 valence electrons. The highest BCUT2D eigenvalue weighted by Gasteiger charge is 2.48. The van der Waals surface area contributed by atoms with E-state index in [1.165, 1.54) is 11.8 Å². The summed E-state index contributed by atoms with van der Waals surface area (Å²) in [6.07, 6.45) is 1.43. The summed E-state index contributed by atoms with van der Waals surface area (Å²) in [5, 5.41) is 11.3. The number of piperidine rings is 1. The fourth-order valence-corrected chi connectivity index (χ4v) is 4.25. The summed E-state index contributed by atoms with van der Waals surface area (Å²) >= 11 is 0. The SMILES string of the molecule is CC(=O)N1CCCN(CC(=O)NC(=N)[C@@H]2CC[C@@H]3CN2C(=O)N3OS(=O)(=O)O)C1. The van der Waals surface area contributed by atoms with Gasteiger partial charge in [0.1, 0.15) is 5.84 Å². The second-order valence-corrected chi connectivity index (χ2v) is 8.31. The van der Waals surface area contributed by atoms with Crippen molar-refractivity contribution in [3.63, 3.8) is 0 Å². The van der Waals surface area contributed by atoms with E-state index in [-0.39, 0.29) is 24.8 Å². The Bertz CT molecular complexity index is 818. The molecule has 0 aromatic rings. The summed E-state index contributed by atoms with van der Waals surface area (Å²) in [5.74, 6) is -0.667. The quantitative estimate of drug-likeness (QED) is 0.271. The largest absolute Gasteiger partial charge is 0.418 e. The first-order valence-corrected chi connectivity index (χ1v) is 10.5. The van der Waals surface area contributed by atoms with E-state index in [0.717, 1.165) is 6.42 Å². The lowest BCUT2D eigenvalue weighted by molar-refractivity contribution is -0.134. The molecule has 3 heterocycles. The van der Waals surface area contributed by atoms with Gasteiger partial charge in [-0.15, -0.1) is 4.28 Å². The first-order chi connectivity index (χ1) is 13.5. The van der Waals surface area contributed by atoms with Gasteiger partial charge >= 0.3 is 16.4 Å². The zero-order chi connectivity index (χ0) is 21.3. The predicted octanol–water partition coefficient (Wildman–Crippen LogP) is -1.41.